The van der Waals surface area contributed by atoms with E-state index < -0.39 is 0 Å². The first-order valence-electron chi connectivity index (χ1n) is 2.88. The predicted molar refractivity (Wildman–Crippen MR) is 36.4 cm³/mol. The molecule has 0 saturated carbocycles. The van der Waals surface area contributed by atoms with Crippen molar-refractivity contribution in [2.45, 2.75) is 6.92 Å². The van der Waals surface area contributed by atoms with Crippen LogP contribution in [0.4, 0.5) is 0 Å². The standard InChI is InChI=1S/C6H14N2/c1-6(5-8)3-2-4-7/h2-3,6H,4-5,7-8H2,1H3. The van der Waals surface area contributed by atoms with E-state index in [0.717, 1.165) is 0 Å². The van der Waals surface area contributed by atoms with Gasteiger partial charge in [0, 0.05) is 6.54 Å². The fraction of sp³-hybridized carbons (Fsp3) is 0.667. The minimum Gasteiger partial charge on any atom is -0.330 e. The Morgan fingerprint density at radius 3 is 2.50 bits per heavy atom. The summed E-state index contributed by atoms with van der Waals surface area (Å²) in [6.07, 6.45) is 3.96. The summed E-state index contributed by atoms with van der Waals surface area (Å²) in [5.41, 5.74) is 10.5. The quantitative estimate of drug-likeness (QED) is 0.511. The molecule has 0 fully saturated rings. The van der Waals surface area contributed by atoms with Crippen LogP contribution in [0.3, 0.4) is 0 Å². The molecule has 2 nitrogen and oxygen atoms in total. The van der Waals surface area contributed by atoms with E-state index in [0.29, 0.717) is 19.0 Å². The molecule has 0 heterocycles. The van der Waals surface area contributed by atoms with Gasteiger partial charge in [0.2, 0.25) is 0 Å². The summed E-state index contributed by atoms with van der Waals surface area (Å²) in [4.78, 5) is 0. The Morgan fingerprint density at radius 2 is 2.12 bits per heavy atom. The molecule has 0 rings (SSSR count). The molecule has 0 amide bonds. The molecule has 0 aromatic carbocycles. The van der Waals surface area contributed by atoms with Gasteiger partial charge in [-0.25, -0.2) is 0 Å². The first kappa shape index (κ1) is 7.66. The van der Waals surface area contributed by atoms with Gasteiger partial charge in [-0.15, -0.1) is 0 Å². The van der Waals surface area contributed by atoms with Gasteiger partial charge in [0.15, 0.2) is 0 Å². The van der Waals surface area contributed by atoms with Gasteiger partial charge >= 0.3 is 0 Å². The van der Waals surface area contributed by atoms with Crippen molar-refractivity contribution in [3.8, 4) is 0 Å². The minimum atomic E-state index is 0.471. The molecule has 0 aromatic rings. The van der Waals surface area contributed by atoms with E-state index in [1.807, 2.05) is 12.2 Å². The third kappa shape index (κ3) is 3.84. The molecule has 8 heavy (non-hydrogen) atoms. The van der Waals surface area contributed by atoms with Gasteiger partial charge in [-0.1, -0.05) is 19.1 Å². The van der Waals surface area contributed by atoms with E-state index in [1.54, 1.807) is 0 Å². The van der Waals surface area contributed by atoms with Crippen LogP contribution < -0.4 is 11.5 Å². The zero-order valence-corrected chi connectivity index (χ0v) is 5.30. The van der Waals surface area contributed by atoms with Crippen LogP contribution in [-0.2, 0) is 0 Å². The van der Waals surface area contributed by atoms with E-state index in [2.05, 4.69) is 6.92 Å². The maximum absolute atomic E-state index is 5.32. The van der Waals surface area contributed by atoms with Crippen LogP contribution in [0, 0.1) is 5.92 Å². The van der Waals surface area contributed by atoms with E-state index >= 15 is 0 Å². The highest BCUT2D eigenvalue weighted by molar-refractivity contribution is 4.87. The largest absolute Gasteiger partial charge is 0.330 e. The second-order valence-corrected chi connectivity index (χ2v) is 1.88. The molecular formula is C6H14N2. The average Bonchev–Trinajstić information content (AvgIpc) is 1.83. The molecule has 2 heteroatoms. The van der Waals surface area contributed by atoms with Gasteiger partial charge in [-0.05, 0) is 12.5 Å². The number of nitrogens with two attached hydrogens (primary N) is 2. The summed E-state index contributed by atoms with van der Waals surface area (Å²) in [6, 6.07) is 0. The molecule has 0 radical (unpaired) electrons. The van der Waals surface area contributed by atoms with Crippen molar-refractivity contribution in [1.82, 2.24) is 0 Å². The molecule has 1 unspecified atom stereocenters. The van der Waals surface area contributed by atoms with E-state index in [4.69, 9.17) is 11.5 Å². The topological polar surface area (TPSA) is 52.0 Å². The van der Waals surface area contributed by atoms with Gasteiger partial charge in [-0.3, -0.25) is 0 Å². The Morgan fingerprint density at radius 1 is 1.50 bits per heavy atom. The SMILES string of the molecule is CC(C=CCN)CN. The van der Waals surface area contributed by atoms with Crippen LogP contribution in [0.1, 0.15) is 6.92 Å². The molecule has 4 N–H and O–H groups in total. The molecular weight excluding hydrogens is 100 g/mol. The molecule has 0 aliphatic rings. The highest BCUT2D eigenvalue weighted by Gasteiger charge is 1.87. The summed E-state index contributed by atoms with van der Waals surface area (Å²) in [5, 5.41) is 0. The lowest BCUT2D eigenvalue weighted by molar-refractivity contribution is 0.738. The Bertz CT molecular complexity index is 68.9. The van der Waals surface area contributed by atoms with Crippen molar-refractivity contribution >= 4 is 0 Å². The van der Waals surface area contributed by atoms with Crippen molar-refractivity contribution in [3.63, 3.8) is 0 Å². The van der Waals surface area contributed by atoms with Gasteiger partial charge < -0.3 is 11.5 Å². The van der Waals surface area contributed by atoms with E-state index in [1.165, 1.54) is 0 Å². The highest BCUT2D eigenvalue weighted by atomic mass is 14.5. The summed E-state index contributed by atoms with van der Waals surface area (Å²) in [6.45, 7) is 3.38. The molecule has 0 spiro atoms. The van der Waals surface area contributed by atoms with E-state index in [9.17, 15) is 0 Å². The monoisotopic (exact) mass is 114 g/mol. The van der Waals surface area contributed by atoms with Crippen LogP contribution >= 0.6 is 0 Å². The maximum atomic E-state index is 5.32. The fourth-order valence-electron chi connectivity index (χ4n) is 0.389. The van der Waals surface area contributed by atoms with Gasteiger partial charge in [0.25, 0.3) is 0 Å². The lowest BCUT2D eigenvalue weighted by Gasteiger charge is -1.96. The zero-order valence-electron chi connectivity index (χ0n) is 5.30. The van der Waals surface area contributed by atoms with Crippen molar-refractivity contribution in [3.05, 3.63) is 12.2 Å². The van der Waals surface area contributed by atoms with Crippen LogP contribution in [-0.4, -0.2) is 13.1 Å². The molecule has 1 atom stereocenters. The van der Waals surface area contributed by atoms with Crippen LogP contribution in [0.25, 0.3) is 0 Å². The fourth-order valence-corrected chi connectivity index (χ4v) is 0.389. The Kier molecular flexibility index (Phi) is 4.61. The van der Waals surface area contributed by atoms with Crippen molar-refractivity contribution in [2.75, 3.05) is 13.1 Å². The predicted octanol–water partition coefficient (Wildman–Crippen LogP) is 0.0961. The van der Waals surface area contributed by atoms with Gasteiger partial charge in [0.1, 0.15) is 0 Å². The first-order chi connectivity index (χ1) is 3.81. The lowest BCUT2D eigenvalue weighted by Crippen LogP contribution is -2.08. The van der Waals surface area contributed by atoms with Crippen molar-refractivity contribution < 1.29 is 0 Å². The summed E-state index contributed by atoms with van der Waals surface area (Å²) in [7, 11) is 0. The smallest absolute Gasteiger partial charge is 0.0106 e. The maximum Gasteiger partial charge on any atom is 0.0106 e. The van der Waals surface area contributed by atoms with Gasteiger partial charge in [0.05, 0.1) is 0 Å². The molecule has 0 aliphatic heterocycles. The second-order valence-electron chi connectivity index (χ2n) is 1.88. The molecule has 0 bridgehead atoms. The lowest BCUT2D eigenvalue weighted by atomic mass is 10.2. The van der Waals surface area contributed by atoms with Crippen molar-refractivity contribution in [2.24, 2.45) is 17.4 Å². The van der Waals surface area contributed by atoms with Crippen LogP contribution in [0.15, 0.2) is 12.2 Å². The normalized spacial score (nSPS) is 14.9. The van der Waals surface area contributed by atoms with Gasteiger partial charge in [-0.2, -0.15) is 0 Å². The number of hydrogen-bond donors (Lipinski definition) is 2. The molecule has 0 saturated heterocycles. The Hall–Kier alpha value is -0.340. The number of rotatable bonds is 3. The Balaban J connectivity index is 3.21. The third-order valence-electron chi connectivity index (χ3n) is 0.972. The molecule has 48 valence electrons. The van der Waals surface area contributed by atoms with Crippen LogP contribution in [0.2, 0.25) is 0 Å². The first-order valence-corrected chi connectivity index (χ1v) is 2.88. The molecule has 0 aromatic heterocycles. The molecule has 0 aliphatic carbocycles. The van der Waals surface area contributed by atoms with Crippen LogP contribution in [0.5, 0.6) is 0 Å². The third-order valence-corrected chi connectivity index (χ3v) is 0.972. The van der Waals surface area contributed by atoms with Crippen molar-refractivity contribution in [1.29, 1.82) is 0 Å². The van der Waals surface area contributed by atoms with E-state index in [-0.39, 0.29) is 0 Å². The average molecular weight is 114 g/mol. The number of hydrogen-bond acceptors (Lipinski definition) is 2. The summed E-state index contributed by atoms with van der Waals surface area (Å²) in [5.74, 6) is 0.471. The summed E-state index contributed by atoms with van der Waals surface area (Å²) < 4.78 is 0. The Labute approximate surface area is 50.6 Å². The summed E-state index contributed by atoms with van der Waals surface area (Å²) >= 11 is 0. The zero-order chi connectivity index (χ0) is 6.41. The second kappa shape index (κ2) is 4.81. The highest BCUT2D eigenvalue weighted by Crippen LogP contribution is 1.90. The minimum absolute atomic E-state index is 0.471.